The SMILES string of the molecule is CCCCC/C=C\C/C=C\C/C=C\C/C=C\CCCC(=O)NCCOC(C)OC(=O)COP(=O)(O)OCC[N+](C)(C)C. The number of esters is 1. The summed E-state index contributed by atoms with van der Waals surface area (Å²) in [5, 5.41) is 2.76. The van der Waals surface area contributed by atoms with Crippen molar-refractivity contribution in [2.75, 3.05) is 54.1 Å². The van der Waals surface area contributed by atoms with Crippen LogP contribution < -0.4 is 5.32 Å². The molecule has 0 saturated heterocycles. The molecular formula is C31H56N2O8P+. The van der Waals surface area contributed by atoms with Gasteiger partial charge in [-0.25, -0.2) is 9.36 Å². The van der Waals surface area contributed by atoms with Crippen molar-refractivity contribution in [3.05, 3.63) is 48.6 Å². The smallest absolute Gasteiger partial charge is 0.434 e. The molecule has 0 aliphatic carbocycles. The van der Waals surface area contributed by atoms with Gasteiger partial charge in [-0.2, -0.15) is 0 Å². The fraction of sp³-hybridized carbons (Fsp3) is 0.677. The number of likely N-dealkylation sites (N-methyl/N-ethyl adjacent to an activating group) is 1. The van der Waals surface area contributed by atoms with Gasteiger partial charge < -0.3 is 24.2 Å². The summed E-state index contributed by atoms with van der Waals surface area (Å²) < 4.78 is 32.2. The predicted molar refractivity (Wildman–Crippen MR) is 168 cm³/mol. The third-order valence-corrected chi connectivity index (χ3v) is 6.63. The Kier molecular flexibility index (Phi) is 24.2. The van der Waals surface area contributed by atoms with Crippen LogP contribution in [0.4, 0.5) is 0 Å². The van der Waals surface area contributed by atoms with E-state index < -0.39 is 26.7 Å². The van der Waals surface area contributed by atoms with Crippen LogP contribution in [0.3, 0.4) is 0 Å². The molecule has 1 amide bonds. The molecule has 0 aliphatic heterocycles. The fourth-order valence-corrected chi connectivity index (χ4v) is 3.96. The van der Waals surface area contributed by atoms with E-state index in [1.807, 2.05) is 21.1 Å². The predicted octanol–water partition coefficient (Wildman–Crippen LogP) is 5.99. The van der Waals surface area contributed by atoms with E-state index in [9.17, 15) is 19.0 Å². The Hall–Kier alpha value is -2.07. The summed E-state index contributed by atoms with van der Waals surface area (Å²) in [5.41, 5.74) is 0. The lowest BCUT2D eigenvalue weighted by molar-refractivity contribution is -0.870. The lowest BCUT2D eigenvalue weighted by Gasteiger charge is -2.24. The van der Waals surface area contributed by atoms with Crippen molar-refractivity contribution < 1.29 is 42.1 Å². The molecule has 2 N–H and O–H groups in total. The van der Waals surface area contributed by atoms with Gasteiger partial charge in [-0.15, -0.1) is 0 Å². The van der Waals surface area contributed by atoms with Crippen LogP contribution in [0.25, 0.3) is 0 Å². The summed E-state index contributed by atoms with van der Waals surface area (Å²) in [6, 6.07) is 0. The number of ether oxygens (including phenoxy) is 2. The van der Waals surface area contributed by atoms with E-state index >= 15 is 0 Å². The van der Waals surface area contributed by atoms with Crippen molar-refractivity contribution >= 4 is 19.7 Å². The van der Waals surface area contributed by atoms with Crippen molar-refractivity contribution in [3.8, 4) is 0 Å². The van der Waals surface area contributed by atoms with Crippen LogP contribution in [0, 0.1) is 0 Å². The zero-order valence-electron chi connectivity index (χ0n) is 26.5. The Labute approximate surface area is 254 Å². The van der Waals surface area contributed by atoms with Crippen LogP contribution in [-0.4, -0.2) is 81.6 Å². The second-order valence-electron chi connectivity index (χ2n) is 10.8. The standard InChI is InChI=1S/C31H55N2O8P/c1-6-7-8-9-10-11-12-13-14-15-16-17-18-19-20-21-22-23-30(34)32-24-26-38-29(2)41-31(35)28-40-42(36,37)39-27-25-33(3,4)5/h10-11,13-14,16-17,19-20,29H,6-9,12,15,18,21-28H2,1-5H3,(H-,32,34,36,37)/p+1/b11-10-,14-13-,17-16-,20-19-. The van der Waals surface area contributed by atoms with Gasteiger partial charge in [0.05, 0.1) is 27.7 Å². The minimum atomic E-state index is -4.35. The highest BCUT2D eigenvalue weighted by Crippen LogP contribution is 2.42. The molecule has 0 aromatic rings. The van der Waals surface area contributed by atoms with Crippen molar-refractivity contribution in [2.24, 2.45) is 0 Å². The summed E-state index contributed by atoms with van der Waals surface area (Å²) in [6.45, 7) is 3.89. The first-order valence-electron chi connectivity index (χ1n) is 15.0. The second-order valence-corrected chi connectivity index (χ2v) is 12.3. The van der Waals surface area contributed by atoms with Gasteiger partial charge in [0, 0.05) is 13.0 Å². The number of hydrogen-bond acceptors (Lipinski definition) is 7. The lowest BCUT2D eigenvalue weighted by atomic mass is 10.2. The first-order chi connectivity index (χ1) is 19.9. The quantitative estimate of drug-likeness (QED) is 0.0304. The van der Waals surface area contributed by atoms with Crippen molar-refractivity contribution in [1.29, 1.82) is 0 Å². The number of unbranched alkanes of at least 4 members (excludes halogenated alkanes) is 4. The third-order valence-electron chi connectivity index (χ3n) is 5.67. The molecule has 0 rings (SSSR count). The van der Waals surface area contributed by atoms with Crippen LogP contribution in [-0.2, 0) is 32.7 Å². The van der Waals surface area contributed by atoms with E-state index in [4.69, 9.17) is 14.0 Å². The van der Waals surface area contributed by atoms with Gasteiger partial charge in [0.1, 0.15) is 13.2 Å². The van der Waals surface area contributed by atoms with E-state index in [0.29, 0.717) is 17.4 Å². The largest absolute Gasteiger partial charge is 0.472 e. The molecule has 0 aromatic heterocycles. The zero-order valence-corrected chi connectivity index (χ0v) is 27.4. The van der Waals surface area contributed by atoms with E-state index in [1.54, 1.807) is 0 Å². The van der Waals surface area contributed by atoms with Crippen molar-refractivity contribution in [1.82, 2.24) is 5.32 Å². The fourth-order valence-electron chi connectivity index (χ4n) is 3.30. The molecule has 0 spiro atoms. The second kappa shape index (κ2) is 25.4. The van der Waals surface area contributed by atoms with E-state index in [0.717, 1.165) is 32.1 Å². The van der Waals surface area contributed by atoms with Crippen molar-refractivity contribution in [3.63, 3.8) is 0 Å². The number of carbonyl (C=O) groups is 2. The number of quaternary nitrogens is 1. The van der Waals surface area contributed by atoms with Crippen LogP contribution in [0.5, 0.6) is 0 Å². The van der Waals surface area contributed by atoms with Gasteiger partial charge in [-0.1, -0.05) is 68.4 Å². The monoisotopic (exact) mass is 615 g/mol. The van der Waals surface area contributed by atoms with Crippen LogP contribution in [0.2, 0.25) is 0 Å². The van der Waals surface area contributed by atoms with Gasteiger partial charge in [-0.3, -0.25) is 13.8 Å². The minimum absolute atomic E-state index is 0.00208. The van der Waals surface area contributed by atoms with Gasteiger partial charge in [-0.05, 0) is 51.9 Å². The average molecular weight is 616 g/mol. The molecule has 0 aromatic carbocycles. The normalized spacial score (nSPS) is 14.7. The molecule has 0 heterocycles. The summed E-state index contributed by atoms with van der Waals surface area (Å²) in [7, 11) is 1.37. The van der Waals surface area contributed by atoms with Gasteiger partial charge in [0.25, 0.3) is 0 Å². The van der Waals surface area contributed by atoms with Crippen LogP contribution in [0.15, 0.2) is 48.6 Å². The van der Waals surface area contributed by atoms with Crippen molar-refractivity contribution in [2.45, 2.75) is 84.3 Å². The average Bonchev–Trinajstić information content (AvgIpc) is 2.91. The maximum atomic E-state index is 12.0. The molecule has 0 bridgehead atoms. The molecule has 0 saturated carbocycles. The van der Waals surface area contributed by atoms with Gasteiger partial charge in [0.2, 0.25) is 5.91 Å². The zero-order chi connectivity index (χ0) is 31.5. The first kappa shape index (κ1) is 39.9. The number of nitrogens with one attached hydrogen (secondary N) is 1. The molecule has 0 fully saturated rings. The molecule has 0 radical (unpaired) electrons. The third kappa shape index (κ3) is 29.4. The summed E-state index contributed by atoms with van der Waals surface area (Å²) in [5.74, 6) is -0.940. The molecular weight excluding hydrogens is 559 g/mol. The van der Waals surface area contributed by atoms with Crippen LogP contribution >= 0.6 is 7.82 Å². The molecule has 42 heavy (non-hydrogen) atoms. The maximum Gasteiger partial charge on any atom is 0.472 e. The molecule has 2 unspecified atom stereocenters. The lowest BCUT2D eigenvalue weighted by Crippen LogP contribution is -2.37. The molecule has 10 nitrogen and oxygen atoms in total. The summed E-state index contributed by atoms with van der Waals surface area (Å²) in [6.07, 6.45) is 26.3. The Morgan fingerprint density at radius 3 is 2.00 bits per heavy atom. The number of nitrogens with zero attached hydrogens (tertiary/aromatic N) is 1. The topological polar surface area (TPSA) is 120 Å². The number of phosphoric acid groups is 1. The summed E-state index contributed by atoms with van der Waals surface area (Å²) >= 11 is 0. The number of carbonyl (C=O) groups excluding carboxylic acids is 2. The molecule has 11 heteroatoms. The molecule has 242 valence electrons. The Morgan fingerprint density at radius 1 is 0.857 bits per heavy atom. The summed E-state index contributed by atoms with van der Waals surface area (Å²) in [4.78, 5) is 33.4. The number of rotatable bonds is 26. The number of amides is 1. The first-order valence-corrected chi connectivity index (χ1v) is 16.5. The van der Waals surface area contributed by atoms with Gasteiger partial charge in [0.15, 0.2) is 12.9 Å². The highest BCUT2D eigenvalue weighted by atomic mass is 31.2. The Balaban J connectivity index is 3.76. The Morgan fingerprint density at radius 2 is 1.43 bits per heavy atom. The van der Waals surface area contributed by atoms with Crippen LogP contribution in [0.1, 0.15) is 78.1 Å². The van der Waals surface area contributed by atoms with E-state index in [2.05, 4.69) is 65.4 Å². The van der Waals surface area contributed by atoms with Gasteiger partial charge >= 0.3 is 13.8 Å². The highest BCUT2D eigenvalue weighted by molar-refractivity contribution is 7.47. The highest BCUT2D eigenvalue weighted by Gasteiger charge is 2.25. The number of hydrogen-bond donors (Lipinski definition) is 2. The number of phosphoric ester groups is 1. The number of allylic oxidation sites excluding steroid dienone is 8. The minimum Gasteiger partial charge on any atom is -0.434 e. The van der Waals surface area contributed by atoms with E-state index in [-0.39, 0.29) is 25.7 Å². The molecule has 0 aliphatic rings. The maximum absolute atomic E-state index is 12.0. The molecule has 2 atom stereocenters. The van der Waals surface area contributed by atoms with E-state index in [1.165, 1.54) is 32.6 Å². The Bertz CT molecular complexity index is 881.